The van der Waals surface area contributed by atoms with Crippen molar-refractivity contribution in [1.29, 1.82) is 0 Å². The number of ether oxygens (including phenoxy) is 1. The van der Waals surface area contributed by atoms with Crippen molar-refractivity contribution in [2.75, 3.05) is 7.11 Å². The van der Waals surface area contributed by atoms with Crippen molar-refractivity contribution in [1.82, 2.24) is 0 Å². The van der Waals surface area contributed by atoms with Gasteiger partial charge >= 0.3 is 0 Å². The summed E-state index contributed by atoms with van der Waals surface area (Å²) in [6, 6.07) is 4.28. The van der Waals surface area contributed by atoms with Crippen molar-refractivity contribution >= 4 is 6.08 Å². The maximum atomic E-state index is 10.7. The molecule has 0 aromatic heterocycles. The first-order chi connectivity index (χ1) is 9.09. The molecular weight excluding hydrogens is 238 g/mol. The average molecular weight is 259 g/mol. The van der Waals surface area contributed by atoms with Crippen LogP contribution in [0, 0.1) is 0 Å². The minimum Gasteiger partial charge on any atom is -0.496 e. The number of hydrogen-bond donors (Lipinski definition) is 0. The number of rotatable bonds is 5. The van der Waals surface area contributed by atoms with Crippen molar-refractivity contribution in [2.24, 2.45) is 4.99 Å². The Balaban J connectivity index is 2.70. The van der Waals surface area contributed by atoms with Crippen LogP contribution in [0.5, 0.6) is 5.75 Å². The fraction of sp³-hybridized carbons (Fsp3) is 0.562. The van der Waals surface area contributed by atoms with Gasteiger partial charge in [0.15, 0.2) is 0 Å². The largest absolute Gasteiger partial charge is 0.496 e. The molecule has 102 valence electrons. The third-order valence-electron chi connectivity index (χ3n) is 3.93. The number of aliphatic imine (C=N–C) groups is 1. The lowest BCUT2D eigenvalue weighted by Gasteiger charge is -2.22. The van der Waals surface area contributed by atoms with Crippen LogP contribution in [-0.4, -0.2) is 13.2 Å². The lowest BCUT2D eigenvalue weighted by Crippen LogP contribution is -2.12. The summed E-state index contributed by atoms with van der Waals surface area (Å²) < 4.78 is 5.64. The second kappa shape index (κ2) is 5.18. The summed E-state index contributed by atoms with van der Waals surface area (Å²) in [4.78, 5) is 14.8. The standard InChI is InChI=1S/C16H21NO2/c1-5-12-6-7-13(11(2)3)14(15(12)19-4)16(8-9-16)17-10-18/h6-7,11H,5,8-9H2,1-4H3. The molecule has 0 radical (unpaired) electrons. The van der Waals surface area contributed by atoms with Crippen molar-refractivity contribution in [3.05, 3.63) is 28.8 Å². The summed E-state index contributed by atoms with van der Waals surface area (Å²) in [7, 11) is 1.70. The van der Waals surface area contributed by atoms with Gasteiger partial charge in [-0.05, 0) is 36.3 Å². The monoisotopic (exact) mass is 259 g/mol. The van der Waals surface area contributed by atoms with Gasteiger partial charge in [0.25, 0.3) is 0 Å². The van der Waals surface area contributed by atoms with Crippen molar-refractivity contribution in [3.8, 4) is 5.75 Å². The van der Waals surface area contributed by atoms with E-state index in [9.17, 15) is 4.79 Å². The van der Waals surface area contributed by atoms with E-state index in [0.717, 1.165) is 30.6 Å². The Bertz CT molecular complexity index is 524. The lowest BCUT2D eigenvalue weighted by molar-refractivity contribution is 0.398. The Labute approximate surface area is 114 Å². The van der Waals surface area contributed by atoms with Crippen LogP contribution in [0.4, 0.5) is 0 Å². The van der Waals surface area contributed by atoms with E-state index in [1.807, 2.05) is 0 Å². The van der Waals surface area contributed by atoms with E-state index in [0.29, 0.717) is 5.92 Å². The minimum atomic E-state index is -0.377. The van der Waals surface area contributed by atoms with Gasteiger partial charge in [-0.15, -0.1) is 0 Å². The van der Waals surface area contributed by atoms with E-state index in [1.54, 1.807) is 13.2 Å². The Kier molecular flexibility index (Phi) is 3.77. The first-order valence-electron chi connectivity index (χ1n) is 6.89. The van der Waals surface area contributed by atoms with Crippen LogP contribution < -0.4 is 4.74 Å². The van der Waals surface area contributed by atoms with Gasteiger partial charge in [-0.3, -0.25) is 0 Å². The van der Waals surface area contributed by atoms with E-state index in [-0.39, 0.29) is 5.54 Å². The molecule has 1 fully saturated rings. The highest BCUT2D eigenvalue weighted by Gasteiger charge is 2.48. The van der Waals surface area contributed by atoms with Crippen LogP contribution in [0.2, 0.25) is 0 Å². The highest BCUT2D eigenvalue weighted by molar-refractivity contribution is 5.55. The van der Waals surface area contributed by atoms with Crippen molar-refractivity contribution in [2.45, 2.75) is 51.5 Å². The van der Waals surface area contributed by atoms with Crippen LogP contribution in [0.1, 0.15) is 56.2 Å². The molecule has 0 aliphatic heterocycles. The molecule has 2 rings (SSSR count). The molecule has 0 saturated heterocycles. The normalized spacial score (nSPS) is 16.1. The van der Waals surface area contributed by atoms with E-state index >= 15 is 0 Å². The highest BCUT2D eigenvalue weighted by Crippen LogP contribution is 2.55. The summed E-state index contributed by atoms with van der Waals surface area (Å²) in [5.74, 6) is 1.29. The summed E-state index contributed by atoms with van der Waals surface area (Å²) in [6.45, 7) is 6.43. The maximum Gasteiger partial charge on any atom is 0.235 e. The second-order valence-corrected chi connectivity index (χ2v) is 5.47. The Morgan fingerprint density at radius 1 is 1.42 bits per heavy atom. The molecule has 0 atom stereocenters. The van der Waals surface area contributed by atoms with Gasteiger partial charge in [0, 0.05) is 5.56 Å². The number of nitrogens with zero attached hydrogens (tertiary/aromatic N) is 1. The second-order valence-electron chi connectivity index (χ2n) is 5.47. The van der Waals surface area contributed by atoms with Gasteiger partial charge in [-0.2, -0.15) is 4.99 Å². The Hall–Kier alpha value is -1.60. The molecule has 0 N–H and O–H groups in total. The zero-order chi connectivity index (χ0) is 14.0. The van der Waals surface area contributed by atoms with E-state index in [2.05, 4.69) is 37.9 Å². The first-order valence-corrected chi connectivity index (χ1v) is 6.89. The molecular formula is C16H21NO2. The van der Waals surface area contributed by atoms with Crippen molar-refractivity contribution < 1.29 is 9.53 Å². The quantitative estimate of drug-likeness (QED) is 0.597. The number of benzene rings is 1. The van der Waals surface area contributed by atoms with Gasteiger partial charge in [-0.25, -0.2) is 4.79 Å². The molecule has 0 bridgehead atoms. The molecule has 3 nitrogen and oxygen atoms in total. The van der Waals surface area contributed by atoms with Gasteiger partial charge in [0.05, 0.1) is 7.11 Å². The summed E-state index contributed by atoms with van der Waals surface area (Å²) >= 11 is 0. The average Bonchev–Trinajstić information content (AvgIpc) is 3.17. The molecule has 0 spiro atoms. The number of carbonyl (C=O) groups excluding carboxylic acids is 1. The maximum absolute atomic E-state index is 10.7. The van der Waals surface area contributed by atoms with Crippen LogP contribution >= 0.6 is 0 Å². The molecule has 0 unspecified atom stereocenters. The molecule has 1 saturated carbocycles. The van der Waals surface area contributed by atoms with Crippen molar-refractivity contribution in [3.63, 3.8) is 0 Å². The van der Waals surface area contributed by atoms with Crippen LogP contribution in [0.25, 0.3) is 0 Å². The fourth-order valence-corrected chi connectivity index (χ4v) is 2.74. The van der Waals surface area contributed by atoms with Gasteiger partial charge in [-0.1, -0.05) is 32.9 Å². The van der Waals surface area contributed by atoms with E-state index in [4.69, 9.17) is 4.74 Å². The molecule has 3 heteroatoms. The van der Waals surface area contributed by atoms with Gasteiger partial charge in [0.1, 0.15) is 11.3 Å². The predicted molar refractivity (Wildman–Crippen MR) is 75.5 cm³/mol. The summed E-state index contributed by atoms with van der Waals surface area (Å²) in [6.07, 6.45) is 4.47. The summed E-state index contributed by atoms with van der Waals surface area (Å²) in [5, 5.41) is 0. The number of hydrogen-bond acceptors (Lipinski definition) is 3. The molecule has 1 aromatic rings. The van der Waals surface area contributed by atoms with E-state index in [1.165, 1.54) is 11.1 Å². The molecule has 0 amide bonds. The Morgan fingerprint density at radius 2 is 2.11 bits per heavy atom. The number of isocyanates is 1. The molecule has 19 heavy (non-hydrogen) atoms. The number of methoxy groups -OCH3 is 1. The molecule has 1 aliphatic rings. The van der Waals surface area contributed by atoms with Gasteiger partial charge in [0.2, 0.25) is 6.08 Å². The minimum absolute atomic E-state index is 0.377. The SMILES string of the molecule is CCc1ccc(C(C)C)c(C2(N=C=O)CC2)c1OC. The van der Waals surface area contributed by atoms with E-state index < -0.39 is 0 Å². The predicted octanol–water partition coefficient (Wildman–Crippen LogP) is 3.71. The zero-order valence-corrected chi connectivity index (χ0v) is 12.1. The zero-order valence-electron chi connectivity index (χ0n) is 12.1. The van der Waals surface area contributed by atoms with Crippen LogP contribution in [0.3, 0.4) is 0 Å². The molecule has 1 aromatic carbocycles. The Morgan fingerprint density at radius 3 is 2.53 bits per heavy atom. The summed E-state index contributed by atoms with van der Waals surface area (Å²) in [5.41, 5.74) is 3.13. The van der Waals surface area contributed by atoms with Crippen LogP contribution in [-0.2, 0) is 16.8 Å². The molecule has 0 heterocycles. The fourth-order valence-electron chi connectivity index (χ4n) is 2.74. The topological polar surface area (TPSA) is 38.7 Å². The molecule has 1 aliphatic carbocycles. The first kappa shape index (κ1) is 13.8. The number of aryl methyl sites for hydroxylation is 1. The third kappa shape index (κ3) is 2.31. The lowest BCUT2D eigenvalue weighted by atomic mass is 9.88. The highest BCUT2D eigenvalue weighted by atomic mass is 16.5. The third-order valence-corrected chi connectivity index (χ3v) is 3.93. The van der Waals surface area contributed by atoms with Crippen LogP contribution in [0.15, 0.2) is 17.1 Å². The smallest absolute Gasteiger partial charge is 0.235 e. The van der Waals surface area contributed by atoms with Gasteiger partial charge < -0.3 is 4.74 Å².